The molecule has 2 atom stereocenters. The van der Waals surface area contributed by atoms with Gasteiger partial charge in [0.1, 0.15) is 11.9 Å². The van der Waals surface area contributed by atoms with Gasteiger partial charge in [-0.15, -0.1) is 0 Å². The predicted octanol–water partition coefficient (Wildman–Crippen LogP) is 5.03. The molecule has 0 aromatic heterocycles. The molecule has 2 rings (SSSR count). The van der Waals surface area contributed by atoms with Crippen molar-refractivity contribution in [1.82, 2.24) is 5.43 Å². The first-order chi connectivity index (χ1) is 12.8. The summed E-state index contributed by atoms with van der Waals surface area (Å²) in [6.07, 6.45) is 5.32. The van der Waals surface area contributed by atoms with E-state index in [1.165, 1.54) is 5.57 Å². The molecule has 7 heteroatoms. The van der Waals surface area contributed by atoms with Crippen molar-refractivity contribution in [2.24, 2.45) is 21.9 Å². The van der Waals surface area contributed by atoms with Gasteiger partial charge in [0, 0.05) is 32.2 Å². The Morgan fingerprint density at radius 2 is 2.07 bits per heavy atom. The van der Waals surface area contributed by atoms with Gasteiger partial charge in [-0.3, -0.25) is 5.43 Å². The Labute approximate surface area is 159 Å². The van der Waals surface area contributed by atoms with Crippen molar-refractivity contribution in [3.63, 3.8) is 0 Å². The average molecular weight is 385 g/mol. The lowest BCUT2D eigenvalue weighted by molar-refractivity contribution is -0.0648. The van der Waals surface area contributed by atoms with Crippen molar-refractivity contribution in [2.45, 2.75) is 64.8 Å². The van der Waals surface area contributed by atoms with Crippen molar-refractivity contribution in [3.05, 3.63) is 23.3 Å². The Balaban J connectivity index is 2.23. The Hall–Kier alpha value is -1.63. The van der Waals surface area contributed by atoms with E-state index in [9.17, 15) is 13.2 Å². The number of halogens is 3. The molecule has 2 aliphatic rings. The van der Waals surface area contributed by atoms with E-state index >= 15 is 0 Å². The second-order valence-corrected chi connectivity index (χ2v) is 7.41. The number of ether oxygens (including phenoxy) is 1. The molecule has 0 aromatic carbocycles. The van der Waals surface area contributed by atoms with Crippen LogP contribution in [0.5, 0.6) is 0 Å². The van der Waals surface area contributed by atoms with Gasteiger partial charge in [0.15, 0.2) is 0 Å². The summed E-state index contributed by atoms with van der Waals surface area (Å²) in [7, 11) is 1.72. The van der Waals surface area contributed by atoms with E-state index in [4.69, 9.17) is 4.74 Å². The van der Waals surface area contributed by atoms with Crippen LogP contribution in [0.25, 0.3) is 0 Å². The number of allylic oxidation sites excluding steroid dienone is 4. The molecule has 2 unspecified atom stereocenters. The molecule has 0 bridgehead atoms. The maximum atomic E-state index is 13.8. The highest BCUT2D eigenvalue weighted by molar-refractivity contribution is 5.94. The average Bonchev–Trinajstić information content (AvgIpc) is 2.63. The minimum Gasteiger partial charge on any atom is -0.357 e. The number of aliphatic imine (C=N–C) groups is 1. The highest BCUT2D eigenvalue weighted by atomic mass is 19.4. The second kappa shape index (κ2) is 10.1. The lowest BCUT2D eigenvalue weighted by Crippen LogP contribution is -2.39. The molecular weight excluding hydrogens is 355 g/mol. The van der Waals surface area contributed by atoms with Gasteiger partial charge < -0.3 is 9.73 Å². The van der Waals surface area contributed by atoms with E-state index in [1.807, 2.05) is 32.2 Å². The highest BCUT2D eigenvalue weighted by Gasteiger charge is 2.43. The Morgan fingerprint density at radius 1 is 1.30 bits per heavy atom. The van der Waals surface area contributed by atoms with Crippen LogP contribution in [0.4, 0.5) is 13.2 Å². The molecule has 4 nitrogen and oxygen atoms in total. The van der Waals surface area contributed by atoms with Gasteiger partial charge in [-0.05, 0) is 38.0 Å². The standard InChI is InChI=1S/C20H30F3N3O/c1-14(2)18(16-9-7-15(8-10-16)11-12-24-3)19(20(21,22)23)26-25-17-6-4-5-13-27-17/h7,9,12,14,17-18,25H,4-6,8,10-11,13H2,1-3H3/b24-12?,26-19+. The van der Waals surface area contributed by atoms with Crippen molar-refractivity contribution in [2.75, 3.05) is 13.7 Å². The zero-order chi connectivity index (χ0) is 19.9. The summed E-state index contributed by atoms with van der Waals surface area (Å²) in [5.74, 6) is -0.975. The molecule has 27 heavy (non-hydrogen) atoms. The first kappa shape index (κ1) is 21.7. The largest absolute Gasteiger partial charge is 0.431 e. The number of nitrogens with zero attached hydrogens (tertiary/aromatic N) is 2. The minimum atomic E-state index is -4.49. The Kier molecular flexibility index (Phi) is 8.07. The molecule has 0 aromatic rings. The zero-order valence-electron chi connectivity index (χ0n) is 16.4. The van der Waals surface area contributed by atoms with Crippen LogP contribution >= 0.6 is 0 Å². The lowest BCUT2D eigenvalue weighted by Gasteiger charge is -2.30. The number of hydrogen-bond donors (Lipinski definition) is 1. The van der Waals surface area contributed by atoms with Crippen LogP contribution in [-0.4, -0.2) is 38.0 Å². The number of alkyl halides is 3. The van der Waals surface area contributed by atoms with E-state index in [0.29, 0.717) is 19.4 Å². The summed E-state index contributed by atoms with van der Waals surface area (Å²) in [4.78, 5) is 3.97. The van der Waals surface area contributed by atoms with Crippen LogP contribution in [0.15, 0.2) is 33.4 Å². The first-order valence-electron chi connectivity index (χ1n) is 9.64. The fourth-order valence-corrected chi connectivity index (χ4v) is 3.55. The van der Waals surface area contributed by atoms with E-state index in [0.717, 1.165) is 31.3 Å². The van der Waals surface area contributed by atoms with Gasteiger partial charge >= 0.3 is 6.18 Å². The number of hydrogen-bond acceptors (Lipinski definition) is 4. The van der Waals surface area contributed by atoms with E-state index in [1.54, 1.807) is 7.05 Å². The molecule has 0 amide bonds. The summed E-state index contributed by atoms with van der Waals surface area (Å²) in [6, 6.07) is 0. The molecule has 0 radical (unpaired) electrons. The van der Waals surface area contributed by atoms with Crippen LogP contribution in [0.2, 0.25) is 0 Å². The van der Waals surface area contributed by atoms with Crippen molar-refractivity contribution in [1.29, 1.82) is 0 Å². The molecule has 1 heterocycles. The molecule has 1 aliphatic heterocycles. The molecule has 1 aliphatic carbocycles. The van der Waals surface area contributed by atoms with Crippen molar-refractivity contribution < 1.29 is 17.9 Å². The third-order valence-corrected chi connectivity index (χ3v) is 4.96. The summed E-state index contributed by atoms with van der Waals surface area (Å²) < 4.78 is 46.9. The van der Waals surface area contributed by atoms with Gasteiger partial charge in [-0.2, -0.15) is 18.3 Å². The smallest absolute Gasteiger partial charge is 0.357 e. The van der Waals surface area contributed by atoms with Gasteiger partial charge in [-0.25, -0.2) is 0 Å². The normalized spacial score (nSPS) is 23.4. The fraction of sp³-hybridized carbons (Fsp3) is 0.700. The van der Waals surface area contributed by atoms with E-state index < -0.39 is 24.0 Å². The molecule has 1 fully saturated rings. The van der Waals surface area contributed by atoms with Crippen LogP contribution in [0.3, 0.4) is 0 Å². The SMILES string of the molecule is CN=CCC1=CC=C(C(/C(=N\NC2CCCCO2)C(F)(F)F)C(C)C)CC1. The third-order valence-electron chi connectivity index (χ3n) is 4.96. The number of hydrazone groups is 1. The van der Waals surface area contributed by atoms with Gasteiger partial charge in [0.25, 0.3) is 0 Å². The minimum absolute atomic E-state index is 0.210. The molecule has 0 spiro atoms. The topological polar surface area (TPSA) is 46.0 Å². The zero-order valence-corrected chi connectivity index (χ0v) is 16.4. The summed E-state index contributed by atoms with van der Waals surface area (Å²) >= 11 is 0. The molecule has 1 saturated heterocycles. The number of nitrogens with one attached hydrogen (secondary N) is 1. The third kappa shape index (κ3) is 6.48. The first-order valence-corrected chi connectivity index (χ1v) is 9.64. The maximum Gasteiger partial charge on any atom is 0.431 e. The van der Waals surface area contributed by atoms with E-state index in [-0.39, 0.29) is 5.92 Å². The van der Waals surface area contributed by atoms with Crippen LogP contribution < -0.4 is 5.43 Å². The van der Waals surface area contributed by atoms with E-state index in [2.05, 4.69) is 15.5 Å². The Bertz CT molecular complexity index is 600. The predicted molar refractivity (Wildman–Crippen MR) is 103 cm³/mol. The molecule has 0 saturated carbocycles. The van der Waals surface area contributed by atoms with Crippen LogP contribution in [-0.2, 0) is 4.74 Å². The summed E-state index contributed by atoms with van der Waals surface area (Å²) in [5.41, 5.74) is 3.83. The summed E-state index contributed by atoms with van der Waals surface area (Å²) in [6.45, 7) is 4.18. The quantitative estimate of drug-likeness (QED) is 0.493. The van der Waals surface area contributed by atoms with Crippen molar-refractivity contribution in [3.8, 4) is 0 Å². The van der Waals surface area contributed by atoms with Crippen LogP contribution in [0.1, 0.15) is 52.4 Å². The molecule has 152 valence electrons. The summed E-state index contributed by atoms with van der Waals surface area (Å²) in [5, 5.41) is 3.82. The van der Waals surface area contributed by atoms with Gasteiger partial charge in [0.05, 0.1) is 0 Å². The monoisotopic (exact) mass is 385 g/mol. The van der Waals surface area contributed by atoms with Gasteiger partial charge in [0.2, 0.25) is 0 Å². The second-order valence-electron chi connectivity index (χ2n) is 7.41. The fourth-order valence-electron chi connectivity index (χ4n) is 3.55. The maximum absolute atomic E-state index is 13.8. The van der Waals surface area contributed by atoms with Gasteiger partial charge in [-0.1, -0.05) is 37.1 Å². The van der Waals surface area contributed by atoms with Crippen molar-refractivity contribution >= 4 is 11.9 Å². The number of rotatable bonds is 7. The molecule has 1 N–H and O–H groups in total. The van der Waals surface area contributed by atoms with Crippen LogP contribution in [0, 0.1) is 11.8 Å². The lowest BCUT2D eigenvalue weighted by atomic mass is 9.79. The highest BCUT2D eigenvalue weighted by Crippen LogP contribution is 2.36. The Morgan fingerprint density at radius 3 is 2.59 bits per heavy atom. The molecular formula is C20H30F3N3O.